The summed E-state index contributed by atoms with van der Waals surface area (Å²) in [5, 5.41) is 0.0945. The Balaban J connectivity index is 2.28. The molecule has 1 rings (SSSR count). The molecule has 0 nitrogen and oxygen atoms in total. The number of benzene rings is 1. The summed E-state index contributed by atoms with van der Waals surface area (Å²) in [6, 6.07) is 10.2. The molecule has 0 saturated carbocycles. The van der Waals surface area contributed by atoms with E-state index in [2.05, 4.69) is 24.3 Å². The van der Waals surface area contributed by atoms with Crippen molar-refractivity contribution in [3.8, 4) is 0 Å². The maximum absolute atomic E-state index is 5.88. The van der Waals surface area contributed by atoms with Crippen LogP contribution in [0.4, 0.5) is 0 Å². The van der Waals surface area contributed by atoms with Gasteiger partial charge in [-0.1, -0.05) is 42.5 Å². The third-order valence-electron chi connectivity index (χ3n) is 1.92. The lowest BCUT2D eigenvalue weighted by atomic mass is 10.2. The lowest BCUT2D eigenvalue weighted by Gasteiger charge is -2.00. The van der Waals surface area contributed by atoms with Crippen LogP contribution in [0, 0.1) is 0 Å². The van der Waals surface area contributed by atoms with Gasteiger partial charge in [0.2, 0.25) is 0 Å². The molecule has 0 amide bonds. The Morgan fingerprint density at radius 2 is 1.93 bits per heavy atom. The number of rotatable bonds is 5. The van der Waals surface area contributed by atoms with Crippen LogP contribution in [0.3, 0.4) is 0 Å². The summed E-state index contributed by atoms with van der Waals surface area (Å²) in [4.78, 5) is 0. The van der Waals surface area contributed by atoms with Gasteiger partial charge in [-0.3, -0.25) is 0 Å². The SMILES string of the molecule is ClCC(Cl)CCC=Cc1ccccc1. The number of hydrogen-bond acceptors (Lipinski definition) is 0. The van der Waals surface area contributed by atoms with E-state index in [1.807, 2.05) is 18.2 Å². The van der Waals surface area contributed by atoms with Crippen molar-refractivity contribution in [1.82, 2.24) is 0 Å². The summed E-state index contributed by atoms with van der Waals surface area (Å²) in [5.74, 6) is 0.529. The first-order valence-electron chi connectivity index (χ1n) is 4.74. The van der Waals surface area contributed by atoms with Gasteiger partial charge in [0.25, 0.3) is 0 Å². The van der Waals surface area contributed by atoms with E-state index in [0.29, 0.717) is 5.88 Å². The van der Waals surface area contributed by atoms with E-state index in [0.717, 1.165) is 12.8 Å². The number of allylic oxidation sites excluding steroid dienone is 1. The Bertz CT molecular complexity index is 267. The Morgan fingerprint density at radius 1 is 1.21 bits per heavy atom. The summed E-state index contributed by atoms with van der Waals surface area (Å²) in [5.41, 5.74) is 1.23. The predicted molar refractivity (Wildman–Crippen MR) is 65.1 cm³/mol. The van der Waals surface area contributed by atoms with Crippen LogP contribution in [-0.2, 0) is 0 Å². The highest BCUT2D eigenvalue weighted by molar-refractivity contribution is 6.28. The minimum absolute atomic E-state index is 0.0945. The predicted octanol–water partition coefficient (Wildman–Crippen LogP) is 4.33. The zero-order chi connectivity index (χ0) is 10.2. The lowest BCUT2D eigenvalue weighted by molar-refractivity contribution is 0.830. The molecule has 2 heteroatoms. The molecule has 0 heterocycles. The molecule has 1 aromatic carbocycles. The van der Waals surface area contributed by atoms with Gasteiger partial charge < -0.3 is 0 Å². The zero-order valence-electron chi connectivity index (χ0n) is 8.00. The Morgan fingerprint density at radius 3 is 2.57 bits per heavy atom. The number of halogens is 2. The number of alkyl halides is 2. The van der Waals surface area contributed by atoms with Crippen molar-refractivity contribution >= 4 is 29.3 Å². The molecule has 0 fully saturated rings. The van der Waals surface area contributed by atoms with Crippen molar-refractivity contribution in [2.45, 2.75) is 18.2 Å². The average Bonchev–Trinajstić information content (AvgIpc) is 2.25. The van der Waals surface area contributed by atoms with Gasteiger partial charge in [-0.05, 0) is 18.4 Å². The van der Waals surface area contributed by atoms with E-state index in [1.165, 1.54) is 5.56 Å². The molecule has 0 saturated heterocycles. The molecule has 0 aliphatic heterocycles. The van der Waals surface area contributed by atoms with E-state index in [9.17, 15) is 0 Å². The van der Waals surface area contributed by atoms with E-state index in [1.54, 1.807) is 0 Å². The maximum Gasteiger partial charge on any atom is 0.0474 e. The molecule has 1 unspecified atom stereocenters. The molecule has 0 aromatic heterocycles. The van der Waals surface area contributed by atoms with Crippen LogP contribution in [-0.4, -0.2) is 11.3 Å². The fourth-order valence-electron chi connectivity index (χ4n) is 1.14. The molecule has 0 aliphatic rings. The minimum Gasteiger partial charge on any atom is -0.125 e. The van der Waals surface area contributed by atoms with E-state index in [4.69, 9.17) is 23.2 Å². The van der Waals surface area contributed by atoms with Crippen LogP contribution in [0.25, 0.3) is 6.08 Å². The smallest absolute Gasteiger partial charge is 0.0474 e. The minimum atomic E-state index is 0.0945. The van der Waals surface area contributed by atoms with Gasteiger partial charge in [-0.15, -0.1) is 23.2 Å². The highest BCUT2D eigenvalue weighted by Crippen LogP contribution is 2.09. The van der Waals surface area contributed by atoms with Crippen molar-refractivity contribution in [1.29, 1.82) is 0 Å². The Hall–Kier alpha value is -0.460. The third-order valence-corrected chi connectivity index (χ3v) is 2.83. The van der Waals surface area contributed by atoms with Gasteiger partial charge >= 0.3 is 0 Å². The quantitative estimate of drug-likeness (QED) is 0.659. The first-order chi connectivity index (χ1) is 6.83. The van der Waals surface area contributed by atoms with Crippen LogP contribution in [0.2, 0.25) is 0 Å². The van der Waals surface area contributed by atoms with Crippen molar-refractivity contribution in [3.63, 3.8) is 0 Å². The van der Waals surface area contributed by atoms with Gasteiger partial charge in [0, 0.05) is 11.3 Å². The maximum atomic E-state index is 5.88. The zero-order valence-corrected chi connectivity index (χ0v) is 9.51. The second kappa shape index (κ2) is 6.92. The summed E-state index contributed by atoms with van der Waals surface area (Å²) >= 11 is 11.5. The van der Waals surface area contributed by atoms with Crippen molar-refractivity contribution < 1.29 is 0 Å². The fraction of sp³-hybridized carbons (Fsp3) is 0.333. The molecule has 76 valence electrons. The standard InChI is InChI=1S/C12H14Cl2/c13-10-12(14)9-5-4-8-11-6-2-1-3-7-11/h1-4,6-8,12H,5,9-10H2. The summed E-state index contributed by atoms with van der Waals surface area (Å²) in [7, 11) is 0. The number of hydrogen-bond donors (Lipinski definition) is 0. The van der Waals surface area contributed by atoms with Crippen LogP contribution in [0.5, 0.6) is 0 Å². The van der Waals surface area contributed by atoms with E-state index >= 15 is 0 Å². The second-order valence-corrected chi connectivity index (χ2v) is 4.07. The molecule has 0 bridgehead atoms. The van der Waals surface area contributed by atoms with Gasteiger partial charge in [-0.25, -0.2) is 0 Å². The second-order valence-electron chi connectivity index (χ2n) is 3.14. The van der Waals surface area contributed by atoms with Gasteiger partial charge in [0.1, 0.15) is 0 Å². The van der Waals surface area contributed by atoms with Crippen LogP contribution >= 0.6 is 23.2 Å². The van der Waals surface area contributed by atoms with Gasteiger partial charge in [-0.2, -0.15) is 0 Å². The molecule has 1 aromatic rings. The third kappa shape index (κ3) is 4.69. The Labute approximate surface area is 95.5 Å². The molecular weight excluding hydrogens is 215 g/mol. The molecule has 0 spiro atoms. The highest BCUT2D eigenvalue weighted by Gasteiger charge is 1.98. The van der Waals surface area contributed by atoms with Crippen LogP contribution < -0.4 is 0 Å². The van der Waals surface area contributed by atoms with Crippen LogP contribution in [0.1, 0.15) is 18.4 Å². The Kier molecular flexibility index (Phi) is 5.74. The van der Waals surface area contributed by atoms with Crippen molar-refractivity contribution in [3.05, 3.63) is 42.0 Å². The van der Waals surface area contributed by atoms with E-state index in [-0.39, 0.29) is 5.38 Å². The molecule has 0 N–H and O–H groups in total. The first kappa shape index (κ1) is 11.6. The highest BCUT2D eigenvalue weighted by atomic mass is 35.5. The molecule has 14 heavy (non-hydrogen) atoms. The van der Waals surface area contributed by atoms with Crippen LogP contribution in [0.15, 0.2) is 36.4 Å². The monoisotopic (exact) mass is 228 g/mol. The fourth-order valence-corrected chi connectivity index (χ4v) is 1.42. The average molecular weight is 229 g/mol. The lowest BCUT2D eigenvalue weighted by Crippen LogP contribution is -1.97. The largest absolute Gasteiger partial charge is 0.125 e. The van der Waals surface area contributed by atoms with Crippen molar-refractivity contribution in [2.24, 2.45) is 0 Å². The molecule has 0 radical (unpaired) electrons. The normalized spacial score (nSPS) is 13.3. The summed E-state index contributed by atoms with van der Waals surface area (Å²) in [6.07, 6.45) is 6.17. The first-order valence-corrected chi connectivity index (χ1v) is 5.71. The molecular formula is C12H14Cl2. The van der Waals surface area contributed by atoms with Gasteiger partial charge in [0.05, 0.1) is 0 Å². The summed E-state index contributed by atoms with van der Waals surface area (Å²) < 4.78 is 0. The van der Waals surface area contributed by atoms with E-state index < -0.39 is 0 Å². The van der Waals surface area contributed by atoms with Crippen molar-refractivity contribution in [2.75, 3.05) is 5.88 Å². The molecule has 0 aliphatic carbocycles. The molecule has 1 atom stereocenters. The van der Waals surface area contributed by atoms with Gasteiger partial charge in [0.15, 0.2) is 0 Å². The summed E-state index contributed by atoms with van der Waals surface area (Å²) in [6.45, 7) is 0. The topological polar surface area (TPSA) is 0 Å².